The van der Waals surface area contributed by atoms with Gasteiger partial charge in [0.2, 0.25) is 11.5 Å². The average molecular weight is 376 g/mol. The minimum atomic E-state index is -0.737. The van der Waals surface area contributed by atoms with Crippen molar-refractivity contribution in [2.45, 2.75) is 13.8 Å². The highest BCUT2D eigenvalue weighted by molar-refractivity contribution is 6.33. The number of benzene rings is 2. The molecular formula is C18H14ClNO6. The summed E-state index contributed by atoms with van der Waals surface area (Å²) in [6.07, 6.45) is 1.36. The number of rotatable bonds is 3. The smallest absolute Gasteiger partial charge is 0.315 e. The van der Waals surface area contributed by atoms with Gasteiger partial charge in [-0.15, -0.1) is 0 Å². The van der Waals surface area contributed by atoms with E-state index in [0.717, 1.165) is 11.6 Å². The number of allylic oxidation sites excluding steroid dienone is 1. The average Bonchev–Trinajstić information content (AvgIpc) is 2.89. The van der Waals surface area contributed by atoms with Crippen molar-refractivity contribution in [2.75, 3.05) is 7.11 Å². The minimum Gasteiger partial charge on any atom is -0.500 e. The number of hydrogen-bond acceptors (Lipinski definition) is 6. The van der Waals surface area contributed by atoms with Gasteiger partial charge >= 0.3 is 5.69 Å². The zero-order valence-corrected chi connectivity index (χ0v) is 14.9. The lowest BCUT2D eigenvalue weighted by Crippen LogP contribution is -2.00. The van der Waals surface area contributed by atoms with E-state index >= 15 is 0 Å². The maximum absolute atomic E-state index is 12.7. The number of carbonyl (C=O) groups is 1. The first kappa shape index (κ1) is 17.8. The summed E-state index contributed by atoms with van der Waals surface area (Å²) in [5.74, 6) is -0.634. The molecule has 2 aromatic rings. The number of hydrogen-bond donors (Lipinski definition) is 1. The molecule has 8 heteroatoms. The molecule has 1 N–H and O–H groups in total. The summed E-state index contributed by atoms with van der Waals surface area (Å²) in [5, 5.41) is 21.4. The molecular weight excluding hydrogens is 362 g/mol. The molecule has 0 atom stereocenters. The van der Waals surface area contributed by atoms with Gasteiger partial charge in [0.05, 0.1) is 17.6 Å². The van der Waals surface area contributed by atoms with E-state index in [-0.39, 0.29) is 22.9 Å². The molecule has 0 fully saturated rings. The molecule has 0 saturated heterocycles. The standard InChI is InChI=1S/C18H14ClNO6/c1-8-4-12-15(9(2)16(8)19)18(22)14(26-12)7-10-5-11(20(23)24)17(21)13(6-10)25-3/h4-7,21H,1-3H3/b14-7-. The summed E-state index contributed by atoms with van der Waals surface area (Å²) in [6, 6.07) is 4.18. The summed E-state index contributed by atoms with van der Waals surface area (Å²) in [6.45, 7) is 3.53. The highest BCUT2D eigenvalue weighted by Gasteiger charge is 2.31. The summed E-state index contributed by atoms with van der Waals surface area (Å²) < 4.78 is 10.6. The molecule has 1 heterocycles. The van der Waals surface area contributed by atoms with Crippen LogP contribution in [0.2, 0.25) is 5.02 Å². The number of nitrogens with zero attached hydrogens (tertiary/aromatic N) is 1. The molecule has 0 aromatic heterocycles. The van der Waals surface area contributed by atoms with Gasteiger partial charge in [0.25, 0.3) is 0 Å². The fraction of sp³-hybridized carbons (Fsp3) is 0.167. The highest BCUT2D eigenvalue weighted by Crippen LogP contribution is 2.41. The van der Waals surface area contributed by atoms with Crippen molar-refractivity contribution >= 4 is 29.1 Å². The minimum absolute atomic E-state index is 0.00630. The number of phenolic OH excluding ortho intramolecular Hbond substituents is 1. The SMILES string of the molecule is COc1cc(/C=C2\Oc3cc(C)c(Cl)c(C)c3C2=O)cc([N+](=O)[O-])c1O. The molecule has 1 aliphatic rings. The van der Waals surface area contributed by atoms with Crippen molar-refractivity contribution in [1.29, 1.82) is 0 Å². The number of carbonyl (C=O) groups excluding carboxylic acids is 1. The normalized spacial score (nSPS) is 14.3. The predicted molar refractivity (Wildman–Crippen MR) is 95.2 cm³/mol. The van der Waals surface area contributed by atoms with Crippen LogP contribution in [-0.2, 0) is 0 Å². The van der Waals surface area contributed by atoms with Gasteiger partial charge in [-0.3, -0.25) is 14.9 Å². The number of ether oxygens (including phenoxy) is 2. The van der Waals surface area contributed by atoms with Crippen LogP contribution in [0.1, 0.15) is 27.0 Å². The zero-order valence-electron chi connectivity index (χ0n) is 14.1. The molecule has 0 aliphatic carbocycles. The molecule has 0 radical (unpaired) electrons. The number of ketones is 1. The summed E-state index contributed by atoms with van der Waals surface area (Å²) >= 11 is 6.20. The lowest BCUT2D eigenvalue weighted by Gasteiger charge is -2.06. The van der Waals surface area contributed by atoms with Crippen LogP contribution in [0.3, 0.4) is 0 Å². The third-order valence-electron chi connectivity index (χ3n) is 4.11. The van der Waals surface area contributed by atoms with E-state index in [1.54, 1.807) is 19.9 Å². The van der Waals surface area contributed by atoms with Crippen LogP contribution in [0.15, 0.2) is 24.0 Å². The fourth-order valence-electron chi connectivity index (χ4n) is 2.81. The Kier molecular flexibility index (Phi) is 4.33. The van der Waals surface area contributed by atoms with E-state index in [2.05, 4.69) is 0 Å². The molecule has 0 spiro atoms. The second-order valence-corrected chi connectivity index (χ2v) is 6.17. The van der Waals surface area contributed by atoms with Crippen LogP contribution in [0, 0.1) is 24.0 Å². The Morgan fingerprint density at radius 3 is 2.62 bits per heavy atom. The van der Waals surface area contributed by atoms with Gasteiger partial charge < -0.3 is 14.6 Å². The largest absolute Gasteiger partial charge is 0.500 e. The molecule has 0 unspecified atom stereocenters. The summed E-state index contributed by atoms with van der Waals surface area (Å²) in [7, 11) is 1.27. The Morgan fingerprint density at radius 1 is 1.31 bits per heavy atom. The predicted octanol–water partition coefficient (Wildman–Crippen LogP) is 4.20. The molecule has 2 aromatic carbocycles. The van der Waals surface area contributed by atoms with Gasteiger partial charge in [-0.2, -0.15) is 0 Å². The number of aryl methyl sites for hydroxylation is 1. The van der Waals surface area contributed by atoms with Crippen LogP contribution in [0.4, 0.5) is 5.69 Å². The quantitative estimate of drug-likeness (QED) is 0.490. The van der Waals surface area contributed by atoms with E-state index in [1.165, 1.54) is 19.3 Å². The van der Waals surface area contributed by atoms with Crippen LogP contribution in [-0.4, -0.2) is 22.9 Å². The Hall–Kier alpha value is -3.06. The van der Waals surface area contributed by atoms with Crippen molar-refractivity contribution in [2.24, 2.45) is 0 Å². The molecule has 134 valence electrons. The summed E-state index contributed by atoms with van der Waals surface area (Å²) in [4.78, 5) is 23.0. The first-order chi connectivity index (χ1) is 12.2. The van der Waals surface area contributed by atoms with E-state index in [4.69, 9.17) is 21.1 Å². The highest BCUT2D eigenvalue weighted by atomic mass is 35.5. The van der Waals surface area contributed by atoms with E-state index < -0.39 is 16.4 Å². The monoisotopic (exact) mass is 375 g/mol. The zero-order chi connectivity index (χ0) is 19.2. The third-order valence-corrected chi connectivity index (χ3v) is 4.69. The van der Waals surface area contributed by atoms with Crippen LogP contribution >= 0.6 is 11.6 Å². The Bertz CT molecular complexity index is 996. The van der Waals surface area contributed by atoms with Gasteiger partial charge in [0.15, 0.2) is 11.5 Å². The summed E-state index contributed by atoms with van der Waals surface area (Å²) in [5.41, 5.74) is 1.51. The molecule has 26 heavy (non-hydrogen) atoms. The molecule has 0 amide bonds. The van der Waals surface area contributed by atoms with Crippen molar-refractivity contribution in [3.8, 4) is 17.2 Å². The lowest BCUT2D eigenvalue weighted by molar-refractivity contribution is -0.386. The van der Waals surface area contributed by atoms with Crippen LogP contribution < -0.4 is 9.47 Å². The molecule has 0 bridgehead atoms. The number of fused-ring (bicyclic) bond motifs is 1. The first-order valence-corrected chi connectivity index (χ1v) is 7.91. The van der Waals surface area contributed by atoms with Crippen molar-refractivity contribution in [3.63, 3.8) is 0 Å². The number of aromatic hydroxyl groups is 1. The molecule has 7 nitrogen and oxygen atoms in total. The first-order valence-electron chi connectivity index (χ1n) is 7.54. The topological polar surface area (TPSA) is 98.9 Å². The van der Waals surface area contributed by atoms with E-state index in [1.807, 2.05) is 0 Å². The van der Waals surface area contributed by atoms with E-state index in [0.29, 0.717) is 21.9 Å². The van der Waals surface area contributed by atoms with Gasteiger partial charge in [0.1, 0.15) is 5.75 Å². The van der Waals surface area contributed by atoms with E-state index in [9.17, 15) is 20.0 Å². The van der Waals surface area contributed by atoms with Gasteiger partial charge in [-0.25, -0.2) is 0 Å². The number of nitro benzene ring substituents is 1. The third kappa shape index (κ3) is 2.76. The van der Waals surface area contributed by atoms with Crippen molar-refractivity contribution < 1.29 is 24.3 Å². The molecule has 3 rings (SSSR count). The number of methoxy groups -OCH3 is 1. The number of Topliss-reactive ketones (excluding diaryl/α,β-unsaturated/α-hetero) is 1. The van der Waals surface area contributed by atoms with Crippen molar-refractivity contribution in [3.05, 3.63) is 61.3 Å². The van der Waals surface area contributed by atoms with Crippen LogP contribution in [0.25, 0.3) is 6.08 Å². The second-order valence-electron chi connectivity index (χ2n) is 5.79. The maximum atomic E-state index is 12.7. The maximum Gasteiger partial charge on any atom is 0.315 e. The fourth-order valence-corrected chi connectivity index (χ4v) is 2.96. The Labute approximate surface area is 153 Å². The molecule has 0 saturated carbocycles. The number of nitro groups is 1. The van der Waals surface area contributed by atoms with Gasteiger partial charge in [-0.1, -0.05) is 11.6 Å². The van der Waals surface area contributed by atoms with Gasteiger partial charge in [-0.05, 0) is 48.7 Å². The Balaban J connectivity index is 2.10. The van der Waals surface area contributed by atoms with Crippen molar-refractivity contribution in [1.82, 2.24) is 0 Å². The number of phenols is 1. The second kappa shape index (κ2) is 6.34. The Morgan fingerprint density at radius 2 is 2.00 bits per heavy atom. The molecule has 1 aliphatic heterocycles. The van der Waals surface area contributed by atoms with Gasteiger partial charge in [0, 0.05) is 11.1 Å². The number of halogens is 1. The lowest BCUT2D eigenvalue weighted by atomic mass is 10.0. The van der Waals surface area contributed by atoms with Crippen LogP contribution in [0.5, 0.6) is 17.2 Å².